The molecule has 4 rings (SSSR count). The summed E-state index contributed by atoms with van der Waals surface area (Å²) in [5, 5.41) is 8.31. The Morgan fingerprint density at radius 1 is 1.30 bits per heavy atom. The van der Waals surface area contributed by atoms with Crippen molar-refractivity contribution < 1.29 is 9.53 Å². The average molecular weight is 429 g/mol. The first-order chi connectivity index (χ1) is 13.2. The van der Waals surface area contributed by atoms with Gasteiger partial charge in [0.15, 0.2) is 5.65 Å². The van der Waals surface area contributed by atoms with Crippen molar-refractivity contribution in [2.75, 3.05) is 11.9 Å². The van der Waals surface area contributed by atoms with Crippen LogP contribution in [0.4, 0.5) is 5.69 Å². The Morgan fingerprint density at radius 2 is 2.11 bits per heavy atom. The second-order valence-electron chi connectivity index (χ2n) is 6.69. The number of ether oxygens (including phenoxy) is 1. The Kier molecular flexibility index (Phi) is 5.11. The van der Waals surface area contributed by atoms with Crippen molar-refractivity contribution >= 4 is 38.6 Å². The number of hydrogen-bond donors (Lipinski definition) is 1. The van der Waals surface area contributed by atoms with Gasteiger partial charge in [0, 0.05) is 16.1 Å². The summed E-state index contributed by atoms with van der Waals surface area (Å²) in [7, 11) is 0. The van der Waals surface area contributed by atoms with Crippen LogP contribution in [0, 0.1) is 0 Å². The number of fused-ring (bicyclic) bond motifs is 1. The van der Waals surface area contributed by atoms with Crippen molar-refractivity contribution in [3.05, 3.63) is 46.7 Å². The van der Waals surface area contributed by atoms with Crippen LogP contribution in [0.1, 0.15) is 49.0 Å². The molecule has 1 N–H and O–H groups in total. The zero-order valence-electron chi connectivity index (χ0n) is 15.1. The van der Waals surface area contributed by atoms with E-state index in [0.717, 1.165) is 28.3 Å². The highest BCUT2D eigenvalue weighted by Crippen LogP contribution is 2.32. The normalized spacial score (nSPS) is 14.6. The number of amides is 1. The van der Waals surface area contributed by atoms with Crippen LogP contribution in [-0.2, 0) is 0 Å². The molecule has 1 aliphatic carbocycles. The molecule has 1 fully saturated rings. The minimum Gasteiger partial charge on any atom is -0.492 e. The second-order valence-corrected chi connectivity index (χ2v) is 7.61. The van der Waals surface area contributed by atoms with Gasteiger partial charge in [-0.2, -0.15) is 5.10 Å². The fraction of sp³-hybridized carbons (Fsp3) is 0.350. The first-order valence-corrected chi connectivity index (χ1v) is 10.0. The molecule has 3 aromatic rings. The van der Waals surface area contributed by atoms with Gasteiger partial charge in [0.25, 0.3) is 5.91 Å². The predicted octanol–water partition coefficient (Wildman–Crippen LogP) is 4.96. The van der Waals surface area contributed by atoms with Crippen LogP contribution in [0.5, 0.6) is 5.75 Å². The van der Waals surface area contributed by atoms with Gasteiger partial charge in [-0.05, 0) is 44.0 Å². The lowest BCUT2D eigenvalue weighted by atomic mass is 10.2. The first-order valence-electron chi connectivity index (χ1n) is 9.22. The minimum atomic E-state index is -0.225. The topological polar surface area (TPSA) is 69.0 Å². The Balaban J connectivity index is 1.59. The van der Waals surface area contributed by atoms with Gasteiger partial charge in [0.05, 0.1) is 30.1 Å². The van der Waals surface area contributed by atoms with E-state index in [0.29, 0.717) is 29.6 Å². The molecule has 140 valence electrons. The molecular formula is C20H21BrN4O2. The molecule has 0 atom stereocenters. The highest BCUT2D eigenvalue weighted by Gasteiger charge is 2.20. The van der Waals surface area contributed by atoms with Crippen molar-refractivity contribution in [3.8, 4) is 5.75 Å². The average Bonchev–Trinajstić information content (AvgIpc) is 3.32. The van der Waals surface area contributed by atoms with Crippen molar-refractivity contribution in [1.29, 1.82) is 0 Å². The van der Waals surface area contributed by atoms with E-state index in [1.807, 2.05) is 35.9 Å². The number of halogens is 1. The molecular weight excluding hydrogens is 408 g/mol. The van der Waals surface area contributed by atoms with Crippen molar-refractivity contribution in [3.63, 3.8) is 0 Å². The lowest BCUT2D eigenvalue weighted by Crippen LogP contribution is -2.13. The number of aromatic nitrogens is 3. The number of hydrogen-bond acceptors (Lipinski definition) is 4. The van der Waals surface area contributed by atoms with Gasteiger partial charge in [0.1, 0.15) is 5.75 Å². The van der Waals surface area contributed by atoms with Crippen LogP contribution in [0.25, 0.3) is 11.0 Å². The lowest BCUT2D eigenvalue weighted by Gasteiger charge is -2.12. The highest BCUT2D eigenvalue weighted by molar-refractivity contribution is 9.10. The van der Waals surface area contributed by atoms with Crippen molar-refractivity contribution in [2.45, 2.75) is 38.6 Å². The molecule has 1 amide bonds. The summed E-state index contributed by atoms with van der Waals surface area (Å²) >= 11 is 3.43. The van der Waals surface area contributed by atoms with E-state index in [-0.39, 0.29) is 5.91 Å². The van der Waals surface area contributed by atoms with E-state index in [2.05, 4.69) is 31.3 Å². The molecule has 7 heteroatoms. The maximum atomic E-state index is 12.7. The molecule has 0 saturated heterocycles. The molecule has 1 saturated carbocycles. The predicted molar refractivity (Wildman–Crippen MR) is 108 cm³/mol. The number of anilines is 1. The molecule has 2 aromatic heterocycles. The fourth-order valence-corrected chi connectivity index (χ4v) is 3.92. The molecule has 27 heavy (non-hydrogen) atoms. The summed E-state index contributed by atoms with van der Waals surface area (Å²) in [6, 6.07) is 7.80. The molecule has 1 aliphatic rings. The maximum Gasteiger partial charge on any atom is 0.257 e. The van der Waals surface area contributed by atoms with Crippen LogP contribution in [0.15, 0.2) is 41.1 Å². The number of benzene rings is 1. The number of nitrogens with zero attached hydrogens (tertiary/aromatic N) is 3. The van der Waals surface area contributed by atoms with E-state index in [1.165, 1.54) is 12.8 Å². The van der Waals surface area contributed by atoms with Gasteiger partial charge >= 0.3 is 0 Å². The van der Waals surface area contributed by atoms with Gasteiger partial charge in [-0.15, -0.1) is 0 Å². The van der Waals surface area contributed by atoms with Crippen LogP contribution < -0.4 is 10.1 Å². The van der Waals surface area contributed by atoms with E-state index < -0.39 is 0 Å². The third-order valence-electron chi connectivity index (χ3n) is 4.86. The summed E-state index contributed by atoms with van der Waals surface area (Å²) in [4.78, 5) is 17.3. The first kappa shape index (κ1) is 18.0. The molecule has 0 unspecified atom stereocenters. The Morgan fingerprint density at radius 3 is 2.89 bits per heavy atom. The number of carbonyl (C=O) groups excluding carboxylic acids is 1. The van der Waals surface area contributed by atoms with E-state index in [1.54, 1.807) is 12.4 Å². The fourth-order valence-electron chi connectivity index (χ4n) is 3.56. The monoisotopic (exact) mass is 428 g/mol. The molecule has 1 aromatic carbocycles. The molecule has 0 bridgehead atoms. The molecule has 0 radical (unpaired) electrons. The van der Waals surface area contributed by atoms with Gasteiger partial charge in [-0.1, -0.05) is 28.8 Å². The number of nitrogens with one attached hydrogen (secondary N) is 1. The molecule has 6 nitrogen and oxygen atoms in total. The van der Waals surface area contributed by atoms with Gasteiger partial charge in [-0.25, -0.2) is 9.67 Å². The third-order valence-corrected chi connectivity index (χ3v) is 5.35. The number of pyridine rings is 1. The third kappa shape index (κ3) is 3.69. The summed E-state index contributed by atoms with van der Waals surface area (Å²) in [5.41, 5.74) is 1.96. The smallest absolute Gasteiger partial charge is 0.257 e. The zero-order valence-corrected chi connectivity index (χ0v) is 16.7. The van der Waals surface area contributed by atoms with Crippen LogP contribution >= 0.6 is 15.9 Å². The largest absolute Gasteiger partial charge is 0.492 e. The van der Waals surface area contributed by atoms with Gasteiger partial charge < -0.3 is 10.1 Å². The van der Waals surface area contributed by atoms with E-state index in [9.17, 15) is 4.79 Å². The van der Waals surface area contributed by atoms with Crippen LogP contribution in [0.2, 0.25) is 0 Å². The highest BCUT2D eigenvalue weighted by atomic mass is 79.9. The van der Waals surface area contributed by atoms with Crippen molar-refractivity contribution in [2.24, 2.45) is 0 Å². The molecule has 2 heterocycles. The second kappa shape index (κ2) is 7.68. The van der Waals surface area contributed by atoms with Gasteiger partial charge in [0.2, 0.25) is 0 Å². The van der Waals surface area contributed by atoms with Crippen LogP contribution in [0.3, 0.4) is 0 Å². The summed E-state index contributed by atoms with van der Waals surface area (Å²) < 4.78 is 8.47. The Hall–Kier alpha value is -2.41. The number of rotatable bonds is 5. The summed E-state index contributed by atoms with van der Waals surface area (Å²) in [6.45, 7) is 2.44. The number of carbonyl (C=O) groups is 1. The Bertz CT molecular complexity index is 979. The standard InChI is InChI=1S/C20H21BrN4O2/c1-2-27-18-8-7-15(21)10-17(18)24-20(26)14-9-13-12-23-25(19(13)22-11-14)16-5-3-4-6-16/h7-12,16H,2-6H2,1H3,(H,24,26). The summed E-state index contributed by atoms with van der Waals surface area (Å²) in [5.74, 6) is 0.411. The van der Waals surface area contributed by atoms with E-state index in [4.69, 9.17) is 4.74 Å². The zero-order chi connectivity index (χ0) is 18.8. The SMILES string of the molecule is CCOc1ccc(Br)cc1NC(=O)c1cnc2c(cnn2C2CCCC2)c1. The lowest BCUT2D eigenvalue weighted by molar-refractivity contribution is 0.102. The van der Waals surface area contributed by atoms with Crippen LogP contribution in [-0.4, -0.2) is 27.3 Å². The maximum absolute atomic E-state index is 12.7. The molecule has 0 spiro atoms. The summed E-state index contributed by atoms with van der Waals surface area (Å²) in [6.07, 6.45) is 8.17. The molecule has 0 aliphatic heterocycles. The Labute approximate surface area is 166 Å². The van der Waals surface area contributed by atoms with Gasteiger partial charge in [-0.3, -0.25) is 4.79 Å². The quantitative estimate of drug-likeness (QED) is 0.623. The van der Waals surface area contributed by atoms with Crippen molar-refractivity contribution in [1.82, 2.24) is 14.8 Å². The van der Waals surface area contributed by atoms with E-state index >= 15 is 0 Å². The minimum absolute atomic E-state index is 0.225.